The zero-order chi connectivity index (χ0) is 12.7. The maximum absolute atomic E-state index is 11.3. The molecule has 0 fully saturated rings. The van der Waals surface area contributed by atoms with Crippen molar-refractivity contribution in [2.45, 2.75) is 19.8 Å². The fourth-order valence-corrected chi connectivity index (χ4v) is 1.06. The SMILES string of the molecule is CCc1ncc(NC(=O)NCCC(=O)O)cn1. The van der Waals surface area contributed by atoms with Gasteiger partial charge in [0.1, 0.15) is 5.82 Å². The van der Waals surface area contributed by atoms with E-state index in [4.69, 9.17) is 5.11 Å². The highest BCUT2D eigenvalue weighted by Crippen LogP contribution is 2.02. The summed E-state index contributed by atoms with van der Waals surface area (Å²) in [5.41, 5.74) is 0.468. The molecule has 1 heterocycles. The summed E-state index contributed by atoms with van der Waals surface area (Å²) in [5.74, 6) is -0.261. The zero-order valence-corrected chi connectivity index (χ0v) is 9.43. The molecule has 7 heteroatoms. The van der Waals surface area contributed by atoms with E-state index < -0.39 is 12.0 Å². The minimum absolute atomic E-state index is 0.0784. The lowest BCUT2D eigenvalue weighted by Crippen LogP contribution is -2.30. The first-order valence-corrected chi connectivity index (χ1v) is 5.19. The van der Waals surface area contributed by atoms with Crippen LogP contribution < -0.4 is 10.6 Å². The summed E-state index contributed by atoms with van der Waals surface area (Å²) in [6, 6.07) is -0.473. The molecule has 3 N–H and O–H groups in total. The molecular weight excluding hydrogens is 224 g/mol. The Bertz CT molecular complexity index is 391. The van der Waals surface area contributed by atoms with Gasteiger partial charge in [0.15, 0.2) is 0 Å². The highest BCUT2D eigenvalue weighted by Gasteiger charge is 2.03. The minimum Gasteiger partial charge on any atom is -0.481 e. The van der Waals surface area contributed by atoms with Crippen LogP contribution >= 0.6 is 0 Å². The Kier molecular flexibility index (Phi) is 4.86. The van der Waals surface area contributed by atoms with Gasteiger partial charge in [0.25, 0.3) is 0 Å². The number of nitrogens with one attached hydrogen (secondary N) is 2. The number of hydrogen-bond acceptors (Lipinski definition) is 4. The predicted octanol–water partition coefficient (Wildman–Crippen LogP) is 0.635. The Labute approximate surface area is 98.3 Å². The molecule has 0 aliphatic rings. The Balaban J connectivity index is 2.37. The molecule has 1 rings (SSSR count). The van der Waals surface area contributed by atoms with Gasteiger partial charge in [0.2, 0.25) is 0 Å². The van der Waals surface area contributed by atoms with Crippen molar-refractivity contribution >= 4 is 17.7 Å². The molecule has 0 aliphatic heterocycles. The molecule has 0 radical (unpaired) electrons. The van der Waals surface area contributed by atoms with Crippen LogP contribution in [0.5, 0.6) is 0 Å². The number of carbonyl (C=O) groups excluding carboxylic acids is 1. The second-order valence-corrected chi connectivity index (χ2v) is 3.27. The standard InChI is InChI=1S/C10H14N4O3/c1-2-8-12-5-7(6-13-8)14-10(17)11-4-3-9(15)16/h5-6H,2-4H2,1H3,(H,15,16)(H2,11,14,17). The number of aliphatic carboxylic acids is 1. The molecule has 1 aromatic heterocycles. The van der Waals surface area contributed by atoms with Gasteiger partial charge in [-0.1, -0.05) is 6.92 Å². The van der Waals surface area contributed by atoms with Crippen LogP contribution in [0.2, 0.25) is 0 Å². The highest BCUT2D eigenvalue weighted by atomic mass is 16.4. The second kappa shape index (κ2) is 6.41. The van der Waals surface area contributed by atoms with Crippen LogP contribution in [0.1, 0.15) is 19.2 Å². The van der Waals surface area contributed by atoms with Gasteiger partial charge in [-0.15, -0.1) is 0 Å². The van der Waals surface area contributed by atoms with E-state index in [1.54, 1.807) is 0 Å². The van der Waals surface area contributed by atoms with E-state index in [9.17, 15) is 9.59 Å². The third kappa shape index (κ3) is 4.92. The number of aryl methyl sites for hydroxylation is 1. The number of anilines is 1. The van der Waals surface area contributed by atoms with Gasteiger partial charge in [-0.2, -0.15) is 0 Å². The summed E-state index contributed by atoms with van der Waals surface area (Å²) in [5, 5.41) is 13.3. The van der Waals surface area contributed by atoms with Crippen molar-refractivity contribution < 1.29 is 14.7 Å². The van der Waals surface area contributed by atoms with Crippen molar-refractivity contribution in [1.29, 1.82) is 0 Å². The fourth-order valence-electron chi connectivity index (χ4n) is 1.06. The number of urea groups is 1. The summed E-state index contributed by atoms with van der Waals surface area (Å²) >= 11 is 0. The van der Waals surface area contributed by atoms with Crippen molar-refractivity contribution in [3.8, 4) is 0 Å². The molecule has 0 aliphatic carbocycles. The zero-order valence-electron chi connectivity index (χ0n) is 9.43. The molecule has 0 unspecified atom stereocenters. The summed E-state index contributed by atoms with van der Waals surface area (Å²) < 4.78 is 0. The lowest BCUT2D eigenvalue weighted by atomic mass is 10.4. The normalized spacial score (nSPS) is 9.71. The Morgan fingerprint density at radius 3 is 2.53 bits per heavy atom. The molecule has 7 nitrogen and oxygen atoms in total. The summed E-state index contributed by atoms with van der Waals surface area (Å²) in [6.45, 7) is 2.01. The first-order chi connectivity index (χ1) is 8.11. The molecule has 1 aromatic rings. The summed E-state index contributed by atoms with van der Waals surface area (Å²) in [4.78, 5) is 29.5. The van der Waals surface area contributed by atoms with E-state index >= 15 is 0 Å². The van der Waals surface area contributed by atoms with Crippen LogP contribution in [0.3, 0.4) is 0 Å². The van der Waals surface area contributed by atoms with Gasteiger partial charge in [-0.05, 0) is 0 Å². The van der Waals surface area contributed by atoms with Crippen molar-refractivity contribution in [2.24, 2.45) is 0 Å². The lowest BCUT2D eigenvalue weighted by molar-refractivity contribution is -0.136. The van der Waals surface area contributed by atoms with E-state index in [0.29, 0.717) is 11.5 Å². The van der Waals surface area contributed by atoms with Gasteiger partial charge in [0.05, 0.1) is 24.5 Å². The average molecular weight is 238 g/mol. The van der Waals surface area contributed by atoms with E-state index in [-0.39, 0.29) is 13.0 Å². The number of aromatic nitrogens is 2. The van der Waals surface area contributed by atoms with Crippen molar-refractivity contribution in [3.05, 3.63) is 18.2 Å². The topological polar surface area (TPSA) is 104 Å². The molecule has 17 heavy (non-hydrogen) atoms. The Morgan fingerprint density at radius 2 is 2.00 bits per heavy atom. The van der Waals surface area contributed by atoms with Crippen LogP contribution in [0.15, 0.2) is 12.4 Å². The molecule has 2 amide bonds. The number of carbonyl (C=O) groups is 2. The minimum atomic E-state index is -0.957. The smallest absolute Gasteiger partial charge is 0.319 e. The van der Waals surface area contributed by atoms with Gasteiger partial charge in [-0.3, -0.25) is 4.79 Å². The largest absolute Gasteiger partial charge is 0.481 e. The van der Waals surface area contributed by atoms with Crippen molar-refractivity contribution in [2.75, 3.05) is 11.9 Å². The first kappa shape index (κ1) is 12.9. The molecule has 0 spiro atoms. The maximum Gasteiger partial charge on any atom is 0.319 e. The molecule has 0 saturated heterocycles. The summed E-state index contributed by atoms with van der Waals surface area (Å²) in [7, 11) is 0. The molecule has 92 valence electrons. The van der Waals surface area contributed by atoms with Crippen LogP contribution in [0, 0.1) is 0 Å². The summed E-state index contributed by atoms with van der Waals surface area (Å²) in [6.07, 6.45) is 3.62. The number of nitrogens with zero attached hydrogens (tertiary/aromatic N) is 2. The van der Waals surface area contributed by atoms with Crippen LogP contribution in [0.25, 0.3) is 0 Å². The maximum atomic E-state index is 11.3. The Morgan fingerprint density at radius 1 is 1.35 bits per heavy atom. The third-order valence-corrected chi connectivity index (χ3v) is 1.90. The van der Waals surface area contributed by atoms with E-state index in [2.05, 4.69) is 20.6 Å². The molecular formula is C10H14N4O3. The van der Waals surface area contributed by atoms with Crippen LogP contribution in [-0.2, 0) is 11.2 Å². The number of rotatable bonds is 5. The van der Waals surface area contributed by atoms with Gasteiger partial charge >= 0.3 is 12.0 Å². The average Bonchev–Trinajstić information content (AvgIpc) is 2.29. The predicted molar refractivity (Wildman–Crippen MR) is 60.7 cm³/mol. The molecule has 0 saturated carbocycles. The quantitative estimate of drug-likeness (QED) is 0.698. The van der Waals surface area contributed by atoms with Crippen molar-refractivity contribution in [1.82, 2.24) is 15.3 Å². The van der Waals surface area contributed by atoms with Crippen LogP contribution in [0.4, 0.5) is 10.5 Å². The van der Waals surface area contributed by atoms with Gasteiger partial charge < -0.3 is 15.7 Å². The Hall–Kier alpha value is -2.18. The van der Waals surface area contributed by atoms with E-state index in [1.165, 1.54) is 12.4 Å². The van der Waals surface area contributed by atoms with E-state index in [1.807, 2.05) is 6.92 Å². The second-order valence-electron chi connectivity index (χ2n) is 3.27. The first-order valence-electron chi connectivity index (χ1n) is 5.19. The van der Waals surface area contributed by atoms with Crippen LogP contribution in [-0.4, -0.2) is 33.6 Å². The van der Waals surface area contributed by atoms with Gasteiger partial charge in [0, 0.05) is 13.0 Å². The molecule has 0 atom stereocenters. The third-order valence-electron chi connectivity index (χ3n) is 1.90. The monoisotopic (exact) mass is 238 g/mol. The molecule has 0 bridgehead atoms. The number of carboxylic acid groups (broad SMARTS) is 1. The number of amides is 2. The number of hydrogen-bond donors (Lipinski definition) is 3. The highest BCUT2D eigenvalue weighted by molar-refractivity contribution is 5.89. The van der Waals surface area contributed by atoms with E-state index in [0.717, 1.165) is 6.42 Å². The van der Waals surface area contributed by atoms with Crippen molar-refractivity contribution in [3.63, 3.8) is 0 Å². The molecule has 0 aromatic carbocycles. The van der Waals surface area contributed by atoms with Gasteiger partial charge in [-0.25, -0.2) is 14.8 Å². The lowest BCUT2D eigenvalue weighted by Gasteiger charge is -2.06. The fraction of sp³-hybridized carbons (Fsp3) is 0.400. The number of carboxylic acids is 1.